The predicted molar refractivity (Wildman–Crippen MR) is 216 cm³/mol. The molecule has 1 atom stereocenters. The Morgan fingerprint density at radius 3 is 1.87 bits per heavy atom. The number of halogens is 1. The lowest BCUT2D eigenvalue weighted by Crippen LogP contribution is -2.29. The van der Waals surface area contributed by atoms with Crippen LogP contribution in [0.2, 0.25) is 0 Å². The second kappa shape index (κ2) is 25.6. The van der Waals surface area contributed by atoms with Crippen LogP contribution in [0.3, 0.4) is 0 Å². The van der Waals surface area contributed by atoms with E-state index in [2.05, 4.69) is 73.7 Å². The van der Waals surface area contributed by atoms with Crippen molar-refractivity contribution in [3.63, 3.8) is 0 Å². The summed E-state index contributed by atoms with van der Waals surface area (Å²) < 4.78 is 9.91. The maximum atomic E-state index is 12.3. The van der Waals surface area contributed by atoms with Crippen LogP contribution in [0.25, 0.3) is 11.4 Å². The number of esters is 2. The topological polar surface area (TPSA) is 230 Å². The lowest BCUT2D eigenvalue weighted by atomic mass is 10.1. The van der Waals surface area contributed by atoms with E-state index < -0.39 is 16.8 Å². The number of aryl methyl sites for hydroxylation is 2. The minimum absolute atomic E-state index is 0.245. The molecule has 0 saturated carbocycles. The maximum absolute atomic E-state index is 12.3. The van der Waals surface area contributed by atoms with Crippen LogP contribution < -0.4 is 16.4 Å². The molecule has 0 aromatic carbocycles. The molecule has 0 saturated heterocycles. The smallest absolute Gasteiger partial charge is 0.350 e. The number of nitrogens with one attached hydrogen (secondary N) is 2. The predicted octanol–water partition coefficient (Wildman–Crippen LogP) is 4.80. The van der Waals surface area contributed by atoms with Gasteiger partial charge in [-0.1, -0.05) is 39.4 Å². The first-order chi connectivity index (χ1) is 26.5. The van der Waals surface area contributed by atoms with Gasteiger partial charge >= 0.3 is 11.9 Å². The molecule has 5 aromatic heterocycles. The second-order valence-corrected chi connectivity index (χ2v) is 12.8. The van der Waals surface area contributed by atoms with Gasteiger partial charge < -0.3 is 30.9 Å². The van der Waals surface area contributed by atoms with Crippen molar-refractivity contribution in [2.45, 2.75) is 52.5 Å². The fourth-order valence-electron chi connectivity index (χ4n) is 3.97. The second-order valence-electron chi connectivity index (χ2n) is 10.5. The Kier molecular flexibility index (Phi) is 21.3. The van der Waals surface area contributed by atoms with Gasteiger partial charge in [0.15, 0.2) is 15.1 Å². The van der Waals surface area contributed by atoms with E-state index in [0.717, 1.165) is 11.1 Å². The lowest BCUT2D eigenvalue weighted by molar-refractivity contribution is -0.141. The summed E-state index contributed by atoms with van der Waals surface area (Å²) in [5, 5.41) is 14.3. The number of aromatic nitrogens is 7. The Morgan fingerprint density at radius 2 is 1.35 bits per heavy atom. The molecule has 5 aromatic rings. The van der Waals surface area contributed by atoms with E-state index in [4.69, 9.17) is 20.3 Å². The van der Waals surface area contributed by atoms with Crippen molar-refractivity contribution in [3.05, 3.63) is 107 Å². The highest BCUT2D eigenvalue weighted by atomic mass is 79.9. The largest absolute Gasteiger partial charge is 0.465 e. The number of carbonyl (C=O) groups is 3. The van der Waals surface area contributed by atoms with Gasteiger partial charge in [-0.05, 0) is 82.2 Å². The van der Waals surface area contributed by atoms with Gasteiger partial charge in [0.05, 0.1) is 32.0 Å². The van der Waals surface area contributed by atoms with Gasteiger partial charge in [-0.3, -0.25) is 19.6 Å². The number of anilines is 1. The van der Waals surface area contributed by atoms with Gasteiger partial charge in [0.1, 0.15) is 27.9 Å². The highest BCUT2D eigenvalue weighted by Crippen LogP contribution is 2.32. The number of nitrogens with two attached hydrogens (primary N) is 1. The van der Waals surface area contributed by atoms with E-state index in [1.54, 1.807) is 82.9 Å². The number of nitrogens with zero attached hydrogens (tertiary/aromatic N) is 7. The molecular formula is C36H43BrN10O6S2. The van der Waals surface area contributed by atoms with Gasteiger partial charge in [0.25, 0.3) is 0 Å². The molecule has 1 unspecified atom stereocenters. The number of pyridine rings is 2. The summed E-state index contributed by atoms with van der Waals surface area (Å²) in [6.07, 6.45) is 9.90. The summed E-state index contributed by atoms with van der Waals surface area (Å²) in [4.78, 5) is 64.1. The fraction of sp³-hybridized carbons (Fsp3) is 0.306. The molecule has 0 radical (unpaired) electrons. The van der Waals surface area contributed by atoms with Crippen LogP contribution in [0, 0.1) is 13.8 Å². The number of Topliss-reactive ketones (excluding diaryl/α,β-unsaturated/α-hetero) is 1. The van der Waals surface area contributed by atoms with Crippen molar-refractivity contribution in [3.8, 4) is 11.4 Å². The van der Waals surface area contributed by atoms with Gasteiger partial charge in [-0.15, -0.1) is 0 Å². The molecule has 0 aliphatic heterocycles. The maximum Gasteiger partial charge on any atom is 0.350 e. The van der Waals surface area contributed by atoms with Crippen LogP contribution in [0.15, 0.2) is 73.6 Å². The van der Waals surface area contributed by atoms with Crippen molar-refractivity contribution in [2.24, 2.45) is 5.73 Å². The molecular weight excluding hydrogens is 812 g/mol. The number of ketones is 1. The normalized spacial score (nSPS) is 10.4. The Balaban J connectivity index is 0.000000298. The number of hydrogen-bond acceptors (Lipinski definition) is 16. The highest BCUT2D eigenvalue weighted by molar-refractivity contribution is 9.10. The SMILES string of the molecule is CCO.CCOC(=O)C(Br)C(=O)c1ncccc1C.CCOC(=O)c1sc(NCc2ncccn2)nc1-c1ncccc1C.NC(=S)NCc1ncccn1. The van der Waals surface area contributed by atoms with Crippen LogP contribution in [0.1, 0.15) is 63.7 Å². The standard InChI is InChI=1S/C17H17N5O2S.C11H12BrNO3.C6H8N4S.C2H6O/c1-3-24-16(23)15-14(13-11(2)6-4-7-20-13)22-17(25-15)21-10-12-18-8-5-9-19-12;1-3-16-11(15)8(12)10(14)9-7(2)5-4-6-13-9;7-6(11)10-4-5-8-2-1-3-9-5;1-2-3/h4-9H,3,10H2,1-2H3,(H,21,22);4-6,8H,3H2,1-2H3;1-3H,4H2,(H3,7,10,11);3H,2H2,1H3. The zero-order valence-electron chi connectivity index (χ0n) is 30.9. The number of aliphatic hydroxyl groups excluding tert-OH is 1. The van der Waals surface area contributed by atoms with Crippen LogP contribution in [0.4, 0.5) is 5.13 Å². The summed E-state index contributed by atoms with van der Waals surface area (Å²) >= 11 is 8.86. The molecule has 5 rings (SSSR count). The Hall–Kier alpha value is -5.37. The third-order valence-electron chi connectivity index (χ3n) is 6.35. The summed E-state index contributed by atoms with van der Waals surface area (Å²) in [6, 6.07) is 10.8. The molecule has 0 aliphatic rings. The van der Waals surface area contributed by atoms with E-state index in [9.17, 15) is 14.4 Å². The molecule has 0 spiro atoms. The average Bonchev–Trinajstić information content (AvgIpc) is 3.62. The quantitative estimate of drug-likeness (QED) is 0.0434. The first-order valence-electron chi connectivity index (χ1n) is 16.7. The van der Waals surface area contributed by atoms with Crippen molar-refractivity contribution in [1.82, 2.24) is 40.2 Å². The number of ether oxygens (including phenoxy) is 2. The zero-order valence-corrected chi connectivity index (χ0v) is 34.2. The number of thiazole rings is 1. The monoisotopic (exact) mass is 854 g/mol. The van der Waals surface area contributed by atoms with Crippen molar-refractivity contribution in [1.29, 1.82) is 0 Å². The number of carbonyl (C=O) groups excluding carboxylic acids is 3. The van der Waals surface area contributed by atoms with E-state index in [1.807, 2.05) is 19.1 Å². The van der Waals surface area contributed by atoms with E-state index in [0.29, 0.717) is 52.7 Å². The van der Waals surface area contributed by atoms with Gasteiger partial charge in [0.2, 0.25) is 5.78 Å². The lowest BCUT2D eigenvalue weighted by Gasteiger charge is -2.08. The van der Waals surface area contributed by atoms with Crippen molar-refractivity contribution >= 4 is 67.5 Å². The van der Waals surface area contributed by atoms with Crippen LogP contribution in [-0.2, 0) is 27.4 Å². The molecule has 5 N–H and O–H groups in total. The Labute approximate surface area is 337 Å². The number of alkyl halides is 1. The van der Waals surface area contributed by atoms with Crippen molar-refractivity contribution < 1.29 is 29.0 Å². The summed E-state index contributed by atoms with van der Waals surface area (Å²) in [5.74, 6) is -0.0376. The van der Waals surface area contributed by atoms with E-state index in [-0.39, 0.29) is 29.8 Å². The minimum atomic E-state index is -0.985. The molecule has 0 aliphatic carbocycles. The fourth-order valence-corrected chi connectivity index (χ4v) is 5.25. The van der Waals surface area contributed by atoms with Gasteiger partial charge in [-0.2, -0.15) is 0 Å². The molecule has 16 nitrogen and oxygen atoms in total. The summed E-state index contributed by atoms with van der Waals surface area (Å²) in [5.41, 5.74) is 8.37. The molecule has 19 heteroatoms. The van der Waals surface area contributed by atoms with Crippen molar-refractivity contribution in [2.75, 3.05) is 25.1 Å². The first-order valence-corrected chi connectivity index (χ1v) is 18.9. The summed E-state index contributed by atoms with van der Waals surface area (Å²) in [7, 11) is 0. The molecule has 0 amide bonds. The zero-order chi connectivity index (χ0) is 40.6. The summed E-state index contributed by atoms with van der Waals surface area (Å²) in [6.45, 7) is 10.5. The molecule has 292 valence electrons. The molecule has 55 heavy (non-hydrogen) atoms. The number of aliphatic hydroxyl groups is 1. The molecule has 0 fully saturated rings. The third kappa shape index (κ3) is 16.3. The van der Waals surface area contributed by atoms with E-state index >= 15 is 0 Å². The molecule has 0 bridgehead atoms. The third-order valence-corrected chi connectivity index (χ3v) is 8.27. The minimum Gasteiger partial charge on any atom is -0.465 e. The van der Waals surface area contributed by atoms with Gasteiger partial charge in [0, 0.05) is 43.8 Å². The highest BCUT2D eigenvalue weighted by Gasteiger charge is 2.28. The van der Waals surface area contributed by atoms with E-state index in [1.165, 1.54) is 17.5 Å². The van der Waals surface area contributed by atoms with Crippen LogP contribution >= 0.6 is 39.5 Å². The van der Waals surface area contributed by atoms with Crippen LogP contribution in [-0.4, -0.2) is 87.5 Å². The number of thiocarbonyl (C=S) groups is 1. The average molecular weight is 856 g/mol. The Morgan fingerprint density at radius 1 is 0.818 bits per heavy atom. The Bertz CT molecular complexity index is 1940. The van der Waals surface area contributed by atoms with Crippen LogP contribution in [0.5, 0.6) is 0 Å². The number of rotatable bonds is 12. The molecule has 5 heterocycles. The number of hydrogen-bond donors (Lipinski definition) is 4. The first kappa shape index (κ1) is 45.8. The van der Waals surface area contributed by atoms with Gasteiger partial charge in [-0.25, -0.2) is 29.7 Å².